The fraction of sp³-hybridized carbons (Fsp3) is 0.0909. The predicted molar refractivity (Wildman–Crippen MR) is 121 cm³/mol. The first-order valence-electron chi connectivity index (χ1n) is 10.3. The van der Waals surface area contributed by atoms with Gasteiger partial charge in [-0.25, -0.2) is 23.4 Å². The Morgan fingerprint density at radius 2 is 1.76 bits per heavy atom. The van der Waals surface area contributed by atoms with Gasteiger partial charge in [0.15, 0.2) is 11.5 Å². The zero-order chi connectivity index (χ0) is 26.3. The summed E-state index contributed by atoms with van der Waals surface area (Å²) in [7, 11) is 0. The zero-order valence-electron chi connectivity index (χ0n) is 18.2. The minimum Gasteiger partial charge on any atom is -0.320 e. The van der Waals surface area contributed by atoms with E-state index in [1.807, 2.05) is 0 Å². The number of carbonyl (C=O) groups is 1. The summed E-state index contributed by atoms with van der Waals surface area (Å²) in [6.07, 6.45) is -3.49. The number of nitrogens with one attached hydrogen (secondary N) is 1. The van der Waals surface area contributed by atoms with Gasteiger partial charge in [0.25, 0.3) is 12.3 Å². The molecule has 15 heteroatoms. The molecule has 188 valence electrons. The lowest BCUT2D eigenvalue weighted by atomic mass is 10.1. The van der Waals surface area contributed by atoms with Crippen molar-refractivity contribution in [3.63, 3.8) is 0 Å². The van der Waals surface area contributed by atoms with E-state index >= 15 is 0 Å². The minimum atomic E-state index is -5.08. The SMILES string of the molecule is O=C(Nc1cnc(-n2nccn2)c(Cl)c1)c1cnn(-c2cc(C(F)F)nc3ccccc23)c1C(F)(F)F. The molecular formula is C22H12ClF5N8O. The molecule has 0 bridgehead atoms. The molecule has 1 N–H and O–H groups in total. The number of fused-ring (bicyclic) bond motifs is 1. The number of anilines is 1. The summed E-state index contributed by atoms with van der Waals surface area (Å²) in [5, 5.41) is 13.9. The molecule has 0 unspecified atom stereocenters. The molecular weight excluding hydrogens is 523 g/mol. The van der Waals surface area contributed by atoms with Crippen LogP contribution in [0.4, 0.5) is 27.6 Å². The third-order valence-corrected chi connectivity index (χ3v) is 5.41. The van der Waals surface area contributed by atoms with Crippen molar-refractivity contribution in [3.05, 3.63) is 83.2 Å². The summed E-state index contributed by atoms with van der Waals surface area (Å²) in [6, 6.07) is 7.89. The molecule has 0 saturated heterocycles. The van der Waals surface area contributed by atoms with Gasteiger partial charge < -0.3 is 5.32 Å². The first-order valence-corrected chi connectivity index (χ1v) is 10.7. The van der Waals surface area contributed by atoms with Crippen LogP contribution in [0.3, 0.4) is 0 Å². The Kier molecular flexibility index (Phi) is 6.03. The van der Waals surface area contributed by atoms with Crippen LogP contribution >= 0.6 is 11.6 Å². The Morgan fingerprint density at radius 1 is 1.03 bits per heavy atom. The molecule has 5 rings (SSSR count). The number of para-hydroxylation sites is 1. The summed E-state index contributed by atoms with van der Waals surface area (Å²) in [4.78, 5) is 21.8. The molecule has 5 aromatic rings. The van der Waals surface area contributed by atoms with Crippen molar-refractivity contribution in [2.75, 3.05) is 5.32 Å². The molecule has 0 aliphatic carbocycles. The monoisotopic (exact) mass is 534 g/mol. The van der Waals surface area contributed by atoms with Crippen LogP contribution in [0.2, 0.25) is 5.02 Å². The summed E-state index contributed by atoms with van der Waals surface area (Å²) in [5.41, 5.74) is -3.33. The number of aromatic nitrogens is 7. The van der Waals surface area contributed by atoms with Gasteiger partial charge in [0.05, 0.1) is 52.3 Å². The highest BCUT2D eigenvalue weighted by atomic mass is 35.5. The van der Waals surface area contributed by atoms with Crippen molar-refractivity contribution in [2.24, 2.45) is 0 Å². The number of amides is 1. The van der Waals surface area contributed by atoms with Crippen LogP contribution in [-0.2, 0) is 6.18 Å². The second-order valence-corrected chi connectivity index (χ2v) is 7.91. The molecule has 0 aliphatic rings. The Labute approximate surface area is 208 Å². The van der Waals surface area contributed by atoms with Gasteiger partial charge in [-0.05, 0) is 18.2 Å². The van der Waals surface area contributed by atoms with Gasteiger partial charge in [0.2, 0.25) is 0 Å². The maximum absolute atomic E-state index is 14.2. The predicted octanol–water partition coefficient (Wildman–Crippen LogP) is 5.26. The quantitative estimate of drug-likeness (QED) is 0.309. The highest BCUT2D eigenvalue weighted by Crippen LogP contribution is 2.36. The van der Waals surface area contributed by atoms with E-state index in [1.54, 1.807) is 0 Å². The van der Waals surface area contributed by atoms with Crippen molar-refractivity contribution in [1.29, 1.82) is 0 Å². The Balaban J connectivity index is 1.57. The minimum absolute atomic E-state index is 0.0128. The maximum Gasteiger partial charge on any atom is 0.434 e. The molecule has 0 saturated carbocycles. The van der Waals surface area contributed by atoms with Crippen molar-refractivity contribution >= 4 is 34.1 Å². The van der Waals surface area contributed by atoms with Gasteiger partial charge in [0, 0.05) is 5.39 Å². The molecule has 0 atom stereocenters. The van der Waals surface area contributed by atoms with Crippen molar-refractivity contribution < 1.29 is 26.7 Å². The van der Waals surface area contributed by atoms with Crippen LogP contribution in [0, 0.1) is 0 Å². The molecule has 9 nitrogen and oxygen atoms in total. The fourth-order valence-corrected chi connectivity index (χ4v) is 3.85. The smallest absolute Gasteiger partial charge is 0.320 e. The zero-order valence-corrected chi connectivity index (χ0v) is 18.9. The van der Waals surface area contributed by atoms with Crippen LogP contribution in [0.1, 0.15) is 28.2 Å². The average molecular weight is 535 g/mol. The number of benzene rings is 1. The van der Waals surface area contributed by atoms with Crippen molar-refractivity contribution in [3.8, 4) is 11.5 Å². The number of hydrogen-bond donors (Lipinski definition) is 1. The molecule has 1 aromatic carbocycles. The van der Waals surface area contributed by atoms with Crippen LogP contribution in [0.15, 0.2) is 61.2 Å². The second kappa shape index (κ2) is 9.20. The van der Waals surface area contributed by atoms with E-state index in [2.05, 4.69) is 30.6 Å². The van der Waals surface area contributed by atoms with Gasteiger partial charge in [-0.1, -0.05) is 29.8 Å². The van der Waals surface area contributed by atoms with Gasteiger partial charge in [-0.3, -0.25) is 4.79 Å². The van der Waals surface area contributed by atoms with Crippen molar-refractivity contribution in [2.45, 2.75) is 12.6 Å². The first kappa shape index (κ1) is 24.2. The summed E-state index contributed by atoms with van der Waals surface area (Å²) in [6.45, 7) is 0. The van der Waals surface area contributed by atoms with E-state index < -0.39 is 35.5 Å². The van der Waals surface area contributed by atoms with E-state index in [-0.39, 0.29) is 33.1 Å². The van der Waals surface area contributed by atoms with Gasteiger partial charge >= 0.3 is 6.18 Å². The number of carbonyl (C=O) groups excluding carboxylic acids is 1. The van der Waals surface area contributed by atoms with Gasteiger partial charge in [-0.15, -0.1) is 4.80 Å². The van der Waals surface area contributed by atoms with Crippen LogP contribution in [0.25, 0.3) is 22.4 Å². The van der Waals surface area contributed by atoms with E-state index in [0.29, 0.717) is 10.9 Å². The summed E-state index contributed by atoms with van der Waals surface area (Å²) >= 11 is 6.16. The standard InChI is InChI=1S/C22H12ClF5N8O/c23-14-7-11(9-29-20(14)36-30-5-6-31-36)33-21(37)13-10-32-35(18(13)22(26,27)28)17-8-16(19(24)25)34-15-4-2-1-3-12(15)17/h1-10,19H,(H,33,37). The molecule has 37 heavy (non-hydrogen) atoms. The summed E-state index contributed by atoms with van der Waals surface area (Å²) < 4.78 is 69.9. The normalized spacial score (nSPS) is 11.9. The Hall–Kier alpha value is -4.46. The first-order chi connectivity index (χ1) is 17.6. The Morgan fingerprint density at radius 3 is 2.43 bits per heavy atom. The number of hydrogen-bond acceptors (Lipinski definition) is 6. The van der Waals surface area contributed by atoms with E-state index in [4.69, 9.17) is 11.6 Å². The number of halogens is 6. The largest absolute Gasteiger partial charge is 0.434 e. The second-order valence-electron chi connectivity index (χ2n) is 7.50. The molecule has 1 amide bonds. The lowest BCUT2D eigenvalue weighted by Crippen LogP contribution is -2.21. The van der Waals surface area contributed by atoms with E-state index in [1.165, 1.54) is 42.7 Å². The maximum atomic E-state index is 14.2. The van der Waals surface area contributed by atoms with Crippen molar-refractivity contribution in [1.82, 2.24) is 34.7 Å². The molecule has 0 spiro atoms. The molecule has 0 aliphatic heterocycles. The number of nitrogens with zero attached hydrogens (tertiary/aromatic N) is 7. The topological polar surface area (TPSA) is 103 Å². The fourth-order valence-electron chi connectivity index (χ4n) is 3.60. The third-order valence-electron chi connectivity index (χ3n) is 5.14. The highest BCUT2D eigenvalue weighted by Gasteiger charge is 2.41. The van der Waals surface area contributed by atoms with E-state index in [0.717, 1.165) is 17.1 Å². The van der Waals surface area contributed by atoms with Crippen LogP contribution < -0.4 is 5.32 Å². The van der Waals surface area contributed by atoms with E-state index in [9.17, 15) is 26.7 Å². The lowest BCUT2D eigenvalue weighted by molar-refractivity contribution is -0.143. The molecule has 4 aromatic heterocycles. The molecule has 0 fully saturated rings. The van der Waals surface area contributed by atoms with Crippen LogP contribution in [-0.4, -0.2) is 40.6 Å². The number of rotatable bonds is 5. The third kappa shape index (κ3) is 4.58. The average Bonchev–Trinajstić information content (AvgIpc) is 3.54. The molecule has 4 heterocycles. The number of pyridine rings is 2. The Bertz CT molecular complexity index is 1620. The highest BCUT2D eigenvalue weighted by molar-refractivity contribution is 6.32. The lowest BCUT2D eigenvalue weighted by Gasteiger charge is -2.15. The summed E-state index contributed by atoms with van der Waals surface area (Å²) in [5.74, 6) is -1.04. The van der Waals surface area contributed by atoms with Crippen LogP contribution in [0.5, 0.6) is 0 Å². The van der Waals surface area contributed by atoms with Gasteiger partial charge in [-0.2, -0.15) is 28.5 Å². The van der Waals surface area contributed by atoms with Gasteiger partial charge in [0.1, 0.15) is 5.69 Å². The molecule has 0 radical (unpaired) electrons. The number of alkyl halides is 5.